The second kappa shape index (κ2) is 4.94. The summed E-state index contributed by atoms with van der Waals surface area (Å²) in [6, 6.07) is 3.58. The van der Waals surface area contributed by atoms with Crippen LogP contribution in [-0.2, 0) is 4.79 Å². The van der Waals surface area contributed by atoms with Crippen molar-refractivity contribution in [1.29, 1.82) is 0 Å². The maximum absolute atomic E-state index is 13.2. The largest absolute Gasteiger partial charge is 0.427 e. The van der Waals surface area contributed by atoms with E-state index in [4.69, 9.17) is 0 Å². The van der Waals surface area contributed by atoms with E-state index in [9.17, 15) is 18.0 Å². The molecular weight excluding hydrogens is 303 g/mol. The molecule has 1 saturated heterocycles. The number of halogens is 3. The van der Waals surface area contributed by atoms with Crippen LogP contribution in [0, 0.1) is 0 Å². The highest BCUT2D eigenvalue weighted by atomic mass is 32.1. The summed E-state index contributed by atoms with van der Waals surface area (Å²) in [4.78, 5) is 15.2. The molecule has 0 bridgehead atoms. The second-order valence-electron chi connectivity index (χ2n) is 5.02. The molecule has 8 heteroatoms. The molecular formula is C13H14F3N3OS. The van der Waals surface area contributed by atoms with Gasteiger partial charge in [0, 0.05) is 20.0 Å². The van der Waals surface area contributed by atoms with Gasteiger partial charge in [0.2, 0.25) is 5.91 Å². The van der Waals surface area contributed by atoms with Crippen LogP contribution in [0.5, 0.6) is 0 Å². The van der Waals surface area contributed by atoms with E-state index >= 15 is 0 Å². The molecule has 1 atom stereocenters. The van der Waals surface area contributed by atoms with Crippen molar-refractivity contribution in [1.82, 2.24) is 15.1 Å². The molecule has 1 unspecified atom stereocenters. The maximum atomic E-state index is 13.2. The topological polar surface area (TPSA) is 35.6 Å². The molecule has 0 aliphatic carbocycles. The molecule has 0 aromatic carbocycles. The van der Waals surface area contributed by atoms with Crippen LogP contribution in [0.15, 0.2) is 23.2 Å². The molecule has 0 saturated carbocycles. The van der Waals surface area contributed by atoms with Gasteiger partial charge in [0.05, 0.1) is 22.8 Å². The first kappa shape index (κ1) is 14.2. The van der Waals surface area contributed by atoms with Crippen molar-refractivity contribution in [3.63, 3.8) is 0 Å². The molecule has 4 nitrogen and oxygen atoms in total. The number of carbonyl (C=O) groups is 1. The van der Waals surface area contributed by atoms with E-state index in [1.165, 1.54) is 23.2 Å². The molecule has 21 heavy (non-hydrogen) atoms. The first-order valence-electron chi connectivity index (χ1n) is 6.50. The summed E-state index contributed by atoms with van der Waals surface area (Å²) in [7, 11) is 0. The van der Waals surface area contributed by atoms with Crippen molar-refractivity contribution in [2.75, 3.05) is 19.6 Å². The van der Waals surface area contributed by atoms with Crippen LogP contribution in [0.2, 0.25) is 0 Å². The Bertz CT molecular complexity index is 582. The number of thiophene rings is 1. The normalized spacial score (nSPS) is 22.4. The summed E-state index contributed by atoms with van der Waals surface area (Å²) in [5.74, 6) is -0.122. The van der Waals surface area contributed by atoms with Gasteiger partial charge in [-0.25, -0.2) is 0 Å². The fourth-order valence-electron chi connectivity index (χ4n) is 2.68. The summed E-state index contributed by atoms with van der Waals surface area (Å²) < 4.78 is 39.6. The lowest BCUT2D eigenvalue weighted by Crippen LogP contribution is -2.54. The van der Waals surface area contributed by atoms with Gasteiger partial charge < -0.3 is 15.1 Å². The van der Waals surface area contributed by atoms with E-state index in [0.29, 0.717) is 17.9 Å². The SMILES string of the molecule is CC(=O)N1CCN2C(=C(c3cccs3)NC2C(F)(F)F)C1. The van der Waals surface area contributed by atoms with E-state index in [2.05, 4.69) is 5.32 Å². The Balaban J connectivity index is 1.98. The van der Waals surface area contributed by atoms with Gasteiger partial charge in [-0.05, 0) is 11.4 Å². The van der Waals surface area contributed by atoms with Crippen LogP contribution >= 0.6 is 11.3 Å². The third-order valence-corrected chi connectivity index (χ3v) is 4.59. The molecule has 2 aliphatic rings. The molecule has 0 radical (unpaired) electrons. The summed E-state index contributed by atoms with van der Waals surface area (Å²) >= 11 is 1.38. The minimum atomic E-state index is -4.36. The van der Waals surface area contributed by atoms with Gasteiger partial charge in [-0.1, -0.05) is 6.07 Å². The molecule has 1 aromatic rings. The van der Waals surface area contributed by atoms with E-state index in [0.717, 1.165) is 4.88 Å². The summed E-state index contributed by atoms with van der Waals surface area (Å²) in [5, 5.41) is 4.41. The lowest BCUT2D eigenvalue weighted by atomic mass is 10.2. The quantitative estimate of drug-likeness (QED) is 0.861. The van der Waals surface area contributed by atoms with E-state index in [-0.39, 0.29) is 19.0 Å². The zero-order valence-electron chi connectivity index (χ0n) is 11.3. The highest BCUT2D eigenvalue weighted by Gasteiger charge is 2.50. The number of carbonyl (C=O) groups excluding carboxylic acids is 1. The van der Waals surface area contributed by atoms with Gasteiger partial charge >= 0.3 is 6.18 Å². The standard InChI is InChI=1S/C13H14F3N3OS/c1-8(20)18-4-5-19-9(7-18)11(10-3-2-6-21-10)17-12(19)13(14,15)16/h2-3,6,12,17H,4-5,7H2,1H3. The van der Waals surface area contributed by atoms with Gasteiger partial charge in [-0.2, -0.15) is 13.2 Å². The Morgan fingerprint density at radius 2 is 2.19 bits per heavy atom. The Kier molecular flexibility index (Phi) is 3.35. The predicted molar refractivity (Wildman–Crippen MR) is 73.2 cm³/mol. The van der Waals surface area contributed by atoms with Crippen molar-refractivity contribution in [2.45, 2.75) is 19.3 Å². The van der Waals surface area contributed by atoms with Crippen molar-refractivity contribution in [2.24, 2.45) is 0 Å². The Morgan fingerprint density at radius 1 is 1.43 bits per heavy atom. The summed E-state index contributed by atoms with van der Waals surface area (Å²) in [6.07, 6.45) is -6.07. The van der Waals surface area contributed by atoms with E-state index < -0.39 is 12.3 Å². The molecule has 114 valence electrons. The van der Waals surface area contributed by atoms with Gasteiger partial charge in [-0.15, -0.1) is 11.3 Å². The minimum Gasteiger partial charge on any atom is -0.355 e. The Labute approximate surface area is 123 Å². The van der Waals surface area contributed by atoms with E-state index in [1.807, 2.05) is 5.38 Å². The number of piperazine rings is 1. The average Bonchev–Trinajstić information content (AvgIpc) is 3.03. The van der Waals surface area contributed by atoms with E-state index in [1.54, 1.807) is 17.0 Å². The number of fused-ring (bicyclic) bond motifs is 1. The fourth-order valence-corrected chi connectivity index (χ4v) is 3.44. The van der Waals surface area contributed by atoms with Crippen LogP contribution in [-0.4, -0.2) is 47.7 Å². The number of alkyl halides is 3. The zero-order valence-corrected chi connectivity index (χ0v) is 12.1. The number of nitrogens with zero attached hydrogens (tertiary/aromatic N) is 2. The van der Waals surface area contributed by atoms with Crippen LogP contribution in [0.1, 0.15) is 11.8 Å². The molecule has 1 aromatic heterocycles. The summed E-state index contributed by atoms with van der Waals surface area (Å²) in [6.45, 7) is 2.14. The van der Waals surface area contributed by atoms with Crippen molar-refractivity contribution in [3.05, 3.63) is 28.1 Å². The number of hydrogen-bond acceptors (Lipinski definition) is 4. The van der Waals surface area contributed by atoms with Crippen LogP contribution in [0.3, 0.4) is 0 Å². The van der Waals surface area contributed by atoms with Crippen LogP contribution in [0.25, 0.3) is 5.70 Å². The molecule has 2 aliphatic heterocycles. The lowest BCUT2D eigenvalue weighted by Gasteiger charge is -2.38. The lowest BCUT2D eigenvalue weighted by molar-refractivity contribution is -0.182. The smallest absolute Gasteiger partial charge is 0.355 e. The van der Waals surface area contributed by atoms with Gasteiger partial charge in [-0.3, -0.25) is 4.79 Å². The number of nitrogens with one attached hydrogen (secondary N) is 1. The van der Waals surface area contributed by atoms with Crippen molar-refractivity contribution in [3.8, 4) is 0 Å². The Morgan fingerprint density at radius 3 is 2.76 bits per heavy atom. The zero-order chi connectivity index (χ0) is 15.2. The second-order valence-corrected chi connectivity index (χ2v) is 5.97. The van der Waals surface area contributed by atoms with Crippen molar-refractivity contribution >= 4 is 22.9 Å². The Hall–Kier alpha value is -1.70. The van der Waals surface area contributed by atoms with Crippen LogP contribution < -0.4 is 5.32 Å². The highest BCUT2D eigenvalue weighted by Crippen LogP contribution is 2.38. The molecule has 1 N–H and O–H groups in total. The first-order valence-corrected chi connectivity index (χ1v) is 7.38. The van der Waals surface area contributed by atoms with Gasteiger partial charge in [0.1, 0.15) is 0 Å². The molecule has 3 heterocycles. The molecule has 3 rings (SSSR count). The monoisotopic (exact) mass is 317 g/mol. The van der Waals surface area contributed by atoms with Crippen LogP contribution in [0.4, 0.5) is 13.2 Å². The van der Waals surface area contributed by atoms with Crippen molar-refractivity contribution < 1.29 is 18.0 Å². The summed E-state index contributed by atoms with van der Waals surface area (Å²) in [5.41, 5.74) is 1.03. The molecule has 0 spiro atoms. The molecule has 1 fully saturated rings. The maximum Gasteiger partial charge on any atom is 0.427 e. The van der Waals surface area contributed by atoms with Gasteiger partial charge in [0.15, 0.2) is 6.17 Å². The average molecular weight is 317 g/mol. The molecule has 1 amide bonds. The fraction of sp³-hybridized carbons (Fsp3) is 0.462. The van der Waals surface area contributed by atoms with Gasteiger partial charge in [0.25, 0.3) is 0 Å². The minimum absolute atomic E-state index is 0.122. The predicted octanol–water partition coefficient (Wildman–Crippen LogP) is 2.07. The highest BCUT2D eigenvalue weighted by molar-refractivity contribution is 7.11. The first-order chi connectivity index (χ1) is 9.88. The number of amides is 1. The third-order valence-electron chi connectivity index (χ3n) is 3.70. The third kappa shape index (κ3) is 2.48. The number of hydrogen-bond donors (Lipinski definition) is 1. The number of rotatable bonds is 1.